The zero-order valence-corrected chi connectivity index (χ0v) is 13.3. The zero-order valence-electron chi connectivity index (χ0n) is 13.3. The van der Waals surface area contributed by atoms with Crippen molar-refractivity contribution in [2.24, 2.45) is 0 Å². The Hall–Kier alpha value is -1.96. The van der Waals surface area contributed by atoms with Gasteiger partial charge in [-0.25, -0.2) is 0 Å². The number of hydrogen-bond acceptors (Lipinski definition) is 2. The molecule has 1 heterocycles. The SMILES string of the molecule is CCc1ccc2c(c1)Oc1cc(C(C)(C)CC)ccc1N2. The van der Waals surface area contributed by atoms with Crippen molar-refractivity contribution in [2.45, 2.75) is 46.0 Å². The summed E-state index contributed by atoms with van der Waals surface area (Å²) in [5, 5.41) is 3.46. The van der Waals surface area contributed by atoms with E-state index in [0.717, 1.165) is 35.7 Å². The largest absolute Gasteiger partial charge is 0.453 e. The molecule has 110 valence electrons. The molecule has 2 aromatic carbocycles. The van der Waals surface area contributed by atoms with Crippen molar-refractivity contribution < 1.29 is 4.74 Å². The van der Waals surface area contributed by atoms with E-state index in [1.165, 1.54) is 11.1 Å². The zero-order chi connectivity index (χ0) is 15.0. The quantitative estimate of drug-likeness (QED) is 0.656. The Bertz CT molecular complexity index is 673. The fraction of sp³-hybridized carbons (Fsp3) is 0.368. The van der Waals surface area contributed by atoms with Gasteiger partial charge in [0.25, 0.3) is 0 Å². The summed E-state index contributed by atoms with van der Waals surface area (Å²) >= 11 is 0. The number of fused-ring (bicyclic) bond motifs is 2. The maximum Gasteiger partial charge on any atom is 0.151 e. The van der Waals surface area contributed by atoms with Gasteiger partial charge in [0.05, 0.1) is 11.4 Å². The highest BCUT2D eigenvalue weighted by Crippen LogP contribution is 2.44. The van der Waals surface area contributed by atoms with E-state index in [9.17, 15) is 0 Å². The smallest absolute Gasteiger partial charge is 0.151 e. The van der Waals surface area contributed by atoms with Crippen LogP contribution in [0, 0.1) is 0 Å². The van der Waals surface area contributed by atoms with Crippen LogP contribution in [0.2, 0.25) is 0 Å². The van der Waals surface area contributed by atoms with Crippen molar-refractivity contribution in [3.63, 3.8) is 0 Å². The molecule has 0 fully saturated rings. The second-order valence-corrected chi connectivity index (χ2v) is 6.36. The van der Waals surface area contributed by atoms with Crippen LogP contribution in [0.25, 0.3) is 0 Å². The number of rotatable bonds is 3. The second-order valence-electron chi connectivity index (χ2n) is 6.36. The number of ether oxygens (including phenoxy) is 1. The van der Waals surface area contributed by atoms with Crippen molar-refractivity contribution in [2.75, 3.05) is 5.32 Å². The minimum atomic E-state index is 0.171. The highest BCUT2D eigenvalue weighted by atomic mass is 16.5. The summed E-state index contributed by atoms with van der Waals surface area (Å²) in [5.41, 5.74) is 4.87. The normalized spacial score (nSPS) is 13.0. The summed E-state index contributed by atoms with van der Waals surface area (Å²) in [6.07, 6.45) is 2.13. The molecule has 0 bridgehead atoms. The predicted molar refractivity (Wildman–Crippen MR) is 88.9 cm³/mol. The Kier molecular flexibility index (Phi) is 3.40. The first kappa shape index (κ1) is 14.0. The molecule has 0 amide bonds. The first-order valence-corrected chi connectivity index (χ1v) is 7.76. The van der Waals surface area contributed by atoms with Gasteiger partial charge in [0, 0.05) is 0 Å². The molecule has 2 nitrogen and oxygen atoms in total. The lowest BCUT2D eigenvalue weighted by Crippen LogP contribution is -2.16. The van der Waals surface area contributed by atoms with Gasteiger partial charge in [0.1, 0.15) is 0 Å². The van der Waals surface area contributed by atoms with E-state index < -0.39 is 0 Å². The molecule has 1 aliphatic rings. The fourth-order valence-corrected chi connectivity index (χ4v) is 2.57. The first-order chi connectivity index (χ1) is 10.0. The molecule has 0 radical (unpaired) electrons. The van der Waals surface area contributed by atoms with Crippen LogP contribution in [0.5, 0.6) is 11.5 Å². The molecule has 0 aliphatic carbocycles. The van der Waals surface area contributed by atoms with Crippen LogP contribution in [0.15, 0.2) is 36.4 Å². The molecule has 1 N–H and O–H groups in total. The van der Waals surface area contributed by atoms with Crippen molar-refractivity contribution in [3.8, 4) is 11.5 Å². The minimum absolute atomic E-state index is 0.171. The molecule has 0 spiro atoms. The molecule has 0 unspecified atom stereocenters. The summed E-state index contributed by atoms with van der Waals surface area (Å²) in [5.74, 6) is 1.85. The predicted octanol–water partition coefficient (Wildman–Crippen LogP) is 5.79. The van der Waals surface area contributed by atoms with Gasteiger partial charge in [-0.05, 0) is 53.6 Å². The summed E-state index contributed by atoms with van der Waals surface area (Å²) < 4.78 is 6.14. The average molecular weight is 281 g/mol. The Morgan fingerprint density at radius 2 is 1.62 bits per heavy atom. The minimum Gasteiger partial charge on any atom is -0.453 e. The molecular formula is C19H23NO. The third-order valence-corrected chi connectivity index (χ3v) is 4.59. The Morgan fingerprint density at radius 1 is 0.952 bits per heavy atom. The average Bonchev–Trinajstić information content (AvgIpc) is 2.51. The van der Waals surface area contributed by atoms with Gasteiger partial charge in [-0.3, -0.25) is 0 Å². The molecule has 0 aromatic heterocycles. The van der Waals surface area contributed by atoms with Crippen LogP contribution in [-0.2, 0) is 11.8 Å². The van der Waals surface area contributed by atoms with Gasteiger partial charge in [-0.1, -0.05) is 39.8 Å². The van der Waals surface area contributed by atoms with Crippen molar-refractivity contribution >= 4 is 11.4 Å². The van der Waals surface area contributed by atoms with E-state index in [2.05, 4.69) is 69.4 Å². The van der Waals surface area contributed by atoms with Crippen LogP contribution < -0.4 is 10.1 Å². The lowest BCUT2D eigenvalue weighted by atomic mass is 9.82. The third-order valence-electron chi connectivity index (χ3n) is 4.59. The summed E-state index contributed by atoms with van der Waals surface area (Å²) in [6.45, 7) is 8.93. The molecule has 2 heteroatoms. The van der Waals surface area contributed by atoms with E-state index in [1.54, 1.807) is 0 Å². The molecule has 0 saturated carbocycles. The van der Waals surface area contributed by atoms with Gasteiger partial charge in [0.15, 0.2) is 11.5 Å². The van der Waals surface area contributed by atoms with Crippen molar-refractivity contribution in [1.29, 1.82) is 0 Å². The molecule has 0 saturated heterocycles. The van der Waals surface area contributed by atoms with Gasteiger partial charge in [-0.2, -0.15) is 0 Å². The maximum atomic E-state index is 6.14. The highest BCUT2D eigenvalue weighted by molar-refractivity contribution is 5.76. The van der Waals surface area contributed by atoms with Crippen LogP contribution in [0.4, 0.5) is 11.4 Å². The van der Waals surface area contributed by atoms with E-state index >= 15 is 0 Å². The monoisotopic (exact) mass is 281 g/mol. The van der Waals surface area contributed by atoms with Crippen LogP contribution in [0.1, 0.15) is 45.2 Å². The number of anilines is 2. The van der Waals surface area contributed by atoms with Crippen LogP contribution in [0.3, 0.4) is 0 Å². The van der Waals surface area contributed by atoms with E-state index in [1.807, 2.05) is 0 Å². The number of hydrogen-bond donors (Lipinski definition) is 1. The molecule has 3 rings (SSSR count). The summed E-state index contributed by atoms with van der Waals surface area (Å²) in [7, 11) is 0. The molecule has 1 aliphatic heterocycles. The maximum absolute atomic E-state index is 6.14. The van der Waals surface area contributed by atoms with E-state index in [0.29, 0.717) is 0 Å². The topological polar surface area (TPSA) is 21.3 Å². The molecule has 0 atom stereocenters. The van der Waals surface area contributed by atoms with Crippen molar-refractivity contribution in [1.82, 2.24) is 0 Å². The summed E-state index contributed by atoms with van der Waals surface area (Å²) in [4.78, 5) is 0. The fourth-order valence-electron chi connectivity index (χ4n) is 2.57. The number of nitrogens with one attached hydrogen (secondary N) is 1. The third kappa shape index (κ3) is 2.51. The van der Waals surface area contributed by atoms with E-state index in [-0.39, 0.29) is 5.41 Å². The van der Waals surface area contributed by atoms with Gasteiger partial charge < -0.3 is 10.1 Å². The summed E-state index contributed by atoms with van der Waals surface area (Å²) in [6, 6.07) is 12.9. The van der Waals surface area contributed by atoms with Gasteiger partial charge in [0.2, 0.25) is 0 Å². The highest BCUT2D eigenvalue weighted by Gasteiger charge is 2.22. The molecule has 21 heavy (non-hydrogen) atoms. The van der Waals surface area contributed by atoms with Gasteiger partial charge in [-0.15, -0.1) is 0 Å². The van der Waals surface area contributed by atoms with E-state index in [4.69, 9.17) is 4.74 Å². The van der Waals surface area contributed by atoms with Crippen LogP contribution >= 0.6 is 0 Å². The Balaban J connectivity index is 1.99. The second kappa shape index (κ2) is 5.10. The van der Waals surface area contributed by atoms with Gasteiger partial charge >= 0.3 is 0 Å². The first-order valence-electron chi connectivity index (χ1n) is 7.76. The Labute approximate surface area is 127 Å². The lowest BCUT2D eigenvalue weighted by molar-refractivity contribution is 0.469. The van der Waals surface area contributed by atoms with Crippen LogP contribution in [-0.4, -0.2) is 0 Å². The molecular weight excluding hydrogens is 258 g/mol. The lowest BCUT2D eigenvalue weighted by Gasteiger charge is -2.27. The number of benzene rings is 2. The number of aryl methyl sites for hydroxylation is 1. The Morgan fingerprint density at radius 3 is 2.29 bits per heavy atom. The standard InChI is InChI=1S/C19H23NO/c1-5-13-7-9-15-17(11-13)21-18-12-14(19(3,4)6-2)8-10-16(18)20-15/h7-12,20H,5-6H2,1-4H3. The van der Waals surface area contributed by atoms with Crippen molar-refractivity contribution in [3.05, 3.63) is 47.5 Å². The molecule has 2 aromatic rings.